The maximum absolute atomic E-state index is 13.0. The molecule has 4 N–H and O–H groups in total. The van der Waals surface area contributed by atoms with Gasteiger partial charge in [0.2, 0.25) is 5.91 Å². The van der Waals surface area contributed by atoms with Crippen LogP contribution >= 0.6 is 0 Å². The molecule has 0 bridgehead atoms. The summed E-state index contributed by atoms with van der Waals surface area (Å²) in [5, 5.41) is 24.4. The number of nitrogens with one attached hydrogen (secondary N) is 2. The van der Waals surface area contributed by atoms with Crippen molar-refractivity contribution >= 4 is 22.9 Å². The number of carbonyl (C=O) groups is 1. The van der Waals surface area contributed by atoms with Crippen LogP contribution < -0.4 is 10.8 Å². The summed E-state index contributed by atoms with van der Waals surface area (Å²) >= 11 is 0. The summed E-state index contributed by atoms with van der Waals surface area (Å²) in [5.74, 6) is -0.300. The Balaban J connectivity index is 1.20. The maximum atomic E-state index is 13.0. The highest BCUT2D eigenvalue weighted by Gasteiger charge is 2.44. The lowest BCUT2D eigenvalue weighted by atomic mass is 10.1. The third kappa shape index (κ3) is 5.09. The average molecular weight is 488 g/mol. The molecule has 13 heteroatoms. The molecule has 4 heterocycles. The lowest BCUT2D eigenvalue weighted by molar-refractivity contribution is -0.139. The number of aliphatic hydroxyl groups is 2. The summed E-state index contributed by atoms with van der Waals surface area (Å²) in [6, 6.07) is 5.65. The largest absolute Gasteiger partial charge is 0.387 e. The Kier molecular flexibility index (Phi) is 6.83. The number of rotatable bonds is 8. The second-order valence-corrected chi connectivity index (χ2v) is 8.44. The van der Waals surface area contributed by atoms with Gasteiger partial charge in [0.25, 0.3) is 0 Å². The molecule has 2 aliphatic heterocycles. The number of ether oxygens (including phenoxy) is 2. The van der Waals surface area contributed by atoms with Crippen molar-refractivity contribution in [2.75, 3.05) is 25.1 Å². The van der Waals surface area contributed by atoms with Crippen molar-refractivity contribution < 1.29 is 33.7 Å². The number of benzene rings is 1. The number of anilines is 1. The van der Waals surface area contributed by atoms with Crippen LogP contribution in [0.25, 0.3) is 11.2 Å². The smallest absolute Gasteiger partial charge is 0.247 e. The van der Waals surface area contributed by atoms with Gasteiger partial charge in [0.15, 0.2) is 23.2 Å². The van der Waals surface area contributed by atoms with Crippen LogP contribution in [-0.2, 0) is 25.5 Å². The van der Waals surface area contributed by atoms with E-state index in [9.17, 15) is 19.4 Å². The topological polar surface area (TPSA) is 153 Å². The van der Waals surface area contributed by atoms with Crippen LogP contribution in [0.3, 0.4) is 0 Å². The lowest BCUT2D eigenvalue weighted by Gasteiger charge is -2.17. The van der Waals surface area contributed by atoms with Gasteiger partial charge in [-0.15, -0.1) is 0 Å². The van der Waals surface area contributed by atoms with Gasteiger partial charge >= 0.3 is 0 Å². The van der Waals surface area contributed by atoms with Crippen LogP contribution in [0.5, 0.6) is 0 Å². The number of hydroxylamine groups is 1. The zero-order valence-corrected chi connectivity index (χ0v) is 18.6. The van der Waals surface area contributed by atoms with E-state index in [0.29, 0.717) is 35.8 Å². The number of fused-ring (bicyclic) bond motifs is 1. The van der Waals surface area contributed by atoms with E-state index in [1.165, 1.54) is 41.5 Å². The average Bonchev–Trinajstić information content (AvgIpc) is 3.58. The van der Waals surface area contributed by atoms with Gasteiger partial charge in [-0.2, -0.15) is 0 Å². The third-order valence-electron chi connectivity index (χ3n) is 5.95. The molecule has 2 aromatic heterocycles. The molecule has 1 aromatic carbocycles. The summed E-state index contributed by atoms with van der Waals surface area (Å²) in [5.41, 5.74) is 3.80. The van der Waals surface area contributed by atoms with Gasteiger partial charge in [0.1, 0.15) is 37.1 Å². The van der Waals surface area contributed by atoms with Crippen LogP contribution in [0.15, 0.2) is 36.9 Å². The number of hydrogen-bond donors (Lipinski definition) is 4. The minimum absolute atomic E-state index is 0.0102. The Morgan fingerprint density at radius 1 is 1.20 bits per heavy atom. The van der Waals surface area contributed by atoms with Gasteiger partial charge in [-0.3, -0.25) is 14.2 Å². The molecule has 0 radical (unpaired) electrons. The summed E-state index contributed by atoms with van der Waals surface area (Å²) < 4.78 is 25.7. The molecule has 5 rings (SSSR count). The van der Waals surface area contributed by atoms with Crippen LogP contribution in [-0.4, -0.2) is 79.8 Å². The Bertz CT molecular complexity index is 1170. The van der Waals surface area contributed by atoms with E-state index in [1.807, 2.05) is 0 Å². The van der Waals surface area contributed by atoms with Crippen molar-refractivity contribution in [3.8, 4) is 0 Å². The van der Waals surface area contributed by atoms with E-state index < -0.39 is 30.4 Å². The molecule has 1 amide bonds. The van der Waals surface area contributed by atoms with Crippen molar-refractivity contribution in [2.24, 2.45) is 0 Å². The van der Waals surface area contributed by atoms with Gasteiger partial charge < -0.3 is 25.0 Å². The first kappa shape index (κ1) is 23.5. The molecule has 0 unspecified atom stereocenters. The SMILES string of the molecule is O=C(Cc1ccc(F)cc1)NOC[C@H]1O[C@@H](n2cnc3c(N[C@@H]4CCOC4)ncnc32)[C@H](O)[C@@H]1O. The molecule has 2 aliphatic rings. The van der Waals surface area contributed by atoms with Crippen LogP contribution in [0, 0.1) is 5.82 Å². The zero-order chi connectivity index (χ0) is 24.4. The Hall–Kier alpha value is -3.23. The summed E-state index contributed by atoms with van der Waals surface area (Å²) in [6.07, 6.45) is -0.775. The fourth-order valence-electron chi connectivity index (χ4n) is 4.11. The predicted octanol–water partition coefficient (Wildman–Crippen LogP) is 0.0759. The molecule has 12 nitrogen and oxygen atoms in total. The Morgan fingerprint density at radius 2 is 2.03 bits per heavy atom. The summed E-state index contributed by atoms with van der Waals surface area (Å²) in [7, 11) is 0. The number of aromatic nitrogens is 4. The van der Waals surface area contributed by atoms with Crippen molar-refractivity contribution in [3.05, 3.63) is 48.3 Å². The van der Waals surface area contributed by atoms with Crippen molar-refractivity contribution in [1.82, 2.24) is 25.0 Å². The second kappa shape index (κ2) is 10.2. The standard InChI is InChI=1S/C22H25FN6O6/c23-13-3-1-12(2-4-13)7-16(30)28-34-9-15-18(31)19(32)22(35-15)29-11-26-17-20(24-10-25-21(17)29)27-14-5-6-33-8-14/h1-4,10-11,14-15,18-19,22,31-32H,5-9H2,(H,28,30)(H,24,25,27)/t14-,15-,18-,19-,22-/m1/s1. The Morgan fingerprint density at radius 3 is 2.80 bits per heavy atom. The summed E-state index contributed by atoms with van der Waals surface area (Å²) in [4.78, 5) is 30.2. The molecule has 3 aromatic rings. The van der Waals surface area contributed by atoms with E-state index in [4.69, 9.17) is 14.3 Å². The van der Waals surface area contributed by atoms with Crippen molar-refractivity contribution in [3.63, 3.8) is 0 Å². The van der Waals surface area contributed by atoms with Gasteiger partial charge in [-0.05, 0) is 24.1 Å². The number of amides is 1. The van der Waals surface area contributed by atoms with Crippen LogP contribution in [0.4, 0.5) is 10.2 Å². The lowest BCUT2D eigenvalue weighted by Crippen LogP contribution is -2.36. The van der Waals surface area contributed by atoms with E-state index in [2.05, 4.69) is 25.7 Å². The first-order valence-electron chi connectivity index (χ1n) is 11.2. The fraction of sp³-hybridized carbons (Fsp3) is 0.455. The highest BCUT2D eigenvalue weighted by molar-refractivity contribution is 5.82. The molecule has 0 spiro atoms. The molecular formula is C22H25FN6O6. The predicted molar refractivity (Wildman–Crippen MR) is 118 cm³/mol. The molecule has 0 aliphatic carbocycles. The summed E-state index contributed by atoms with van der Waals surface area (Å²) in [6.45, 7) is 1.04. The number of nitrogens with zero attached hydrogens (tertiary/aromatic N) is 4. The molecular weight excluding hydrogens is 463 g/mol. The minimum atomic E-state index is -1.29. The molecule has 2 fully saturated rings. The van der Waals surface area contributed by atoms with Crippen LogP contribution in [0.1, 0.15) is 18.2 Å². The monoisotopic (exact) mass is 488 g/mol. The number of hydrogen-bond acceptors (Lipinski definition) is 10. The Labute approximate surface area is 199 Å². The molecule has 186 valence electrons. The van der Waals surface area contributed by atoms with E-state index in [-0.39, 0.29) is 24.9 Å². The second-order valence-electron chi connectivity index (χ2n) is 8.44. The number of carbonyl (C=O) groups excluding carboxylic acids is 1. The first-order valence-corrected chi connectivity index (χ1v) is 11.2. The molecule has 2 saturated heterocycles. The van der Waals surface area contributed by atoms with Gasteiger partial charge in [0.05, 0.1) is 25.4 Å². The fourth-order valence-corrected chi connectivity index (χ4v) is 4.11. The van der Waals surface area contributed by atoms with E-state index >= 15 is 0 Å². The highest BCUT2D eigenvalue weighted by Crippen LogP contribution is 2.32. The molecule has 35 heavy (non-hydrogen) atoms. The number of aliphatic hydroxyl groups excluding tert-OH is 2. The zero-order valence-electron chi connectivity index (χ0n) is 18.6. The number of halogens is 1. The third-order valence-corrected chi connectivity index (χ3v) is 5.95. The van der Waals surface area contributed by atoms with Gasteiger partial charge in [-0.25, -0.2) is 24.8 Å². The highest BCUT2D eigenvalue weighted by atomic mass is 19.1. The normalized spacial score (nSPS) is 26.3. The van der Waals surface area contributed by atoms with Crippen LogP contribution in [0.2, 0.25) is 0 Å². The quantitative estimate of drug-likeness (QED) is 0.321. The number of imidazole rings is 1. The van der Waals surface area contributed by atoms with E-state index in [0.717, 1.165) is 6.42 Å². The first-order chi connectivity index (χ1) is 17.0. The van der Waals surface area contributed by atoms with Gasteiger partial charge in [-0.1, -0.05) is 12.1 Å². The van der Waals surface area contributed by atoms with Gasteiger partial charge in [0, 0.05) is 6.61 Å². The van der Waals surface area contributed by atoms with Crippen molar-refractivity contribution in [2.45, 2.75) is 43.4 Å². The maximum Gasteiger partial charge on any atom is 0.247 e. The minimum Gasteiger partial charge on any atom is -0.387 e. The molecule has 0 saturated carbocycles. The molecule has 5 atom stereocenters. The van der Waals surface area contributed by atoms with E-state index in [1.54, 1.807) is 0 Å². The van der Waals surface area contributed by atoms with Crippen molar-refractivity contribution in [1.29, 1.82) is 0 Å².